The predicted molar refractivity (Wildman–Crippen MR) is 59.3 cm³/mol. The van der Waals surface area contributed by atoms with Crippen LogP contribution in [0.1, 0.15) is 26.2 Å². The summed E-state index contributed by atoms with van der Waals surface area (Å²) in [5.74, 6) is 0.742. The van der Waals surface area contributed by atoms with Crippen molar-refractivity contribution in [3.05, 3.63) is 0 Å². The van der Waals surface area contributed by atoms with E-state index in [-0.39, 0.29) is 0 Å². The minimum Gasteiger partial charge on any atom is -0.381 e. The Hall–Kier alpha value is -0.120. The molecule has 2 N–H and O–H groups in total. The molecule has 1 heterocycles. The van der Waals surface area contributed by atoms with E-state index in [0.29, 0.717) is 0 Å². The van der Waals surface area contributed by atoms with Crippen LogP contribution in [0.5, 0.6) is 0 Å². The minimum atomic E-state index is 0.742. The average Bonchev–Trinajstić information content (AvgIpc) is 2.65. The normalized spacial score (nSPS) is 23.1. The largest absolute Gasteiger partial charge is 0.381 e. The first-order valence-corrected chi connectivity index (χ1v) is 5.87. The van der Waals surface area contributed by atoms with Crippen molar-refractivity contribution in [2.45, 2.75) is 26.2 Å². The van der Waals surface area contributed by atoms with Crippen molar-refractivity contribution < 1.29 is 4.74 Å². The van der Waals surface area contributed by atoms with Crippen molar-refractivity contribution in [1.82, 2.24) is 4.90 Å². The van der Waals surface area contributed by atoms with Crippen LogP contribution < -0.4 is 5.73 Å². The maximum atomic E-state index is 5.64. The van der Waals surface area contributed by atoms with Gasteiger partial charge in [0, 0.05) is 26.3 Å². The van der Waals surface area contributed by atoms with Crippen LogP contribution in [0, 0.1) is 5.92 Å². The van der Waals surface area contributed by atoms with Gasteiger partial charge in [0.25, 0.3) is 0 Å². The van der Waals surface area contributed by atoms with Crippen LogP contribution in [-0.4, -0.2) is 44.3 Å². The average molecular weight is 200 g/mol. The highest BCUT2D eigenvalue weighted by Gasteiger charge is 2.20. The van der Waals surface area contributed by atoms with Gasteiger partial charge in [0.05, 0.1) is 0 Å². The first-order valence-electron chi connectivity index (χ1n) is 5.87. The Morgan fingerprint density at radius 1 is 1.43 bits per heavy atom. The molecule has 0 aromatic rings. The van der Waals surface area contributed by atoms with Crippen molar-refractivity contribution in [1.29, 1.82) is 0 Å². The molecule has 1 aliphatic heterocycles. The van der Waals surface area contributed by atoms with Crippen molar-refractivity contribution in [3.63, 3.8) is 0 Å². The lowest BCUT2D eigenvalue weighted by Gasteiger charge is -2.15. The number of nitrogens with zero attached hydrogens (tertiary/aromatic N) is 1. The van der Waals surface area contributed by atoms with E-state index in [1.807, 2.05) is 0 Å². The molecule has 0 aromatic heterocycles. The Morgan fingerprint density at radius 2 is 2.29 bits per heavy atom. The standard InChI is InChI=1S/C11H24N2O/c1-2-7-14-8-3-5-13-6-4-11(9-12)10-13/h11H,2-10,12H2,1H3. The number of hydrogen-bond acceptors (Lipinski definition) is 3. The van der Waals surface area contributed by atoms with Gasteiger partial charge in [0.1, 0.15) is 0 Å². The summed E-state index contributed by atoms with van der Waals surface area (Å²) in [6, 6.07) is 0. The van der Waals surface area contributed by atoms with Crippen LogP contribution in [0.3, 0.4) is 0 Å². The smallest absolute Gasteiger partial charge is 0.0478 e. The molecule has 84 valence electrons. The van der Waals surface area contributed by atoms with Crippen LogP contribution in [0.4, 0.5) is 0 Å². The summed E-state index contributed by atoms with van der Waals surface area (Å²) in [6.07, 6.45) is 3.57. The van der Waals surface area contributed by atoms with Crippen molar-refractivity contribution in [2.24, 2.45) is 11.7 Å². The van der Waals surface area contributed by atoms with Crippen LogP contribution >= 0.6 is 0 Å². The van der Waals surface area contributed by atoms with Crippen LogP contribution in [0.2, 0.25) is 0 Å². The molecule has 0 spiro atoms. The second-order valence-electron chi connectivity index (χ2n) is 4.16. The number of hydrogen-bond donors (Lipinski definition) is 1. The van der Waals surface area contributed by atoms with Crippen LogP contribution in [0.15, 0.2) is 0 Å². The maximum Gasteiger partial charge on any atom is 0.0478 e. The molecule has 1 unspecified atom stereocenters. The summed E-state index contributed by atoms with van der Waals surface area (Å²) in [5.41, 5.74) is 5.64. The van der Waals surface area contributed by atoms with E-state index in [4.69, 9.17) is 10.5 Å². The van der Waals surface area contributed by atoms with Gasteiger partial charge in [-0.05, 0) is 38.3 Å². The third kappa shape index (κ3) is 4.40. The van der Waals surface area contributed by atoms with Gasteiger partial charge in [-0.1, -0.05) is 6.92 Å². The van der Waals surface area contributed by atoms with E-state index in [1.54, 1.807) is 0 Å². The van der Waals surface area contributed by atoms with Crippen molar-refractivity contribution in [3.8, 4) is 0 Å². The fourth-order valence-corrected chi connectivity index (χ4v) is 1.94. The monoisotopic (exact) mass is 200 g/mol. The molecule has 0 aliphatic carbocycles. The summed E-state index contributed by atoms with van der Waals surface area (Å²) in [6.45, 7) is 8.43. The summed E-state index contributed by atoms with van der Waals surface area (Å²) >= 11 is 0. The lowest BCUT2D eigenvalue weighted by Crippen LogP contribution is -2.25. The number of likely N-dealkylation sites (tertiary alicyclic amines) is 1. The second-order valence-corrected chi connectivity index (χ2v) is 4.16. The molecule has 1 saturated heterocycles. The maximum absolute atomic E-state index is 5.64. The Bertz CT molecular complexity index is 141. The summed E-state index contributed by atoms with van der Waals surface area (Å²) < 4.78 is 5.44. The molecular weight excluding hydrogens is 176 g/mol. The molecule has 0 amide bonds. The lowest BCUT2D eigenvalue weighted by molar-refractivity contribution is 0.123. The summed E-state index contributed by atoms with van der Waals surface area (Å²) in [7, 11) is 0. The Kier molecular flexibility index (Phi) is 6.15. The zero-order valence-electron chi connectivity index (χ0n) is 9.37. The number of nitrogens with two attached hydrogens (primary N) is 1. The van der Waals surface area contributed by atoms with Gasteiger partial charge >= 0.3 is 0 Å². The van der Waals surface area contributed by atoms with Gasteiger partial charge in [-0.25, -0.2) is 0 Å². The Labute approximate surface area is 87.6 Å². The van der Waals surface area contributed by atoms with E-state index in [2.05, 4.69) is 11.8 Å². The second kappa shape index (κ2) is 7.21. The number of ether oxygens (including phenoxy) is 1. The first kappa shape index (κ1) is 12.0. The Morgan fingerprint density at radius 3 is 2.93 bits per heavy atom. The molecule has 0 radical (unpaired) electrons. The van der Waals surface area contributed by atoms with Gasteiger partial charge < -0.3 is 15.4 Å². The van der Waals surface area contributed by atoms with Gasteiger partial charge in [-0.2, -0.15) is 0 Å². The van der Waals surface area contributed by atoms with Gasteiger partial charge in [0.2, 0.25) is 0 Å². The van der Waals surface area contributed by atoms with E-state index in [0.717, 1.165) is 38.5 Å². The van der Waals surface area contributed by atoms with E-state index < -0.39 is 0 Å². The van der Waals surface area contributed by atoms with Crippen LogP contribution in [-0.2, 0) is 4.74 Å². The molecule has 3 nitrogen and oxygen atoms in total. The summed E-state index contributed by atoms with van der Waals surface area (Å²) in [4.78, 5) is 2.51. The summed E-state index contributed by atoms with van der Waals surface area (Å²) in [5, 5.41) is 0. The third-order valence-electron chi connectivity index (χ3n) is 2.81. The predicted octanol–water partition coefficient (Wildman–Crippen LogP) is 1.08. The molecule has 1 atom stereocenters. The molecule has 3 heteroatoms. The van der Waals surface area contributed by atoms with Crippen molar-refractivity contribution in [2.75, 3.05) is 39.4 Å². The highest BCUT2D eigenvalue weighted by atomic mass is 16.5. The Balaban J connectivity index is 1.92. The molecule has 1 aliphatic rings. The van der Waals surface area contributed by atoms with E-state index >= 15 is 0 Å². The fourth-order valence-electron chi connectivity index (χ4n) is 1.94. The number of rotatable bonds is 7. The molecule has 0 bridgehead atoms. The van der Waals surface area contributed by atoms with Crippen molar-refractivity contribution >= 4 is 0 Å². The topological polar surface area (TPSA) is 38.5 Å². The van der Waals surface area contributed by atoms with Gasteiger partial charge in [-0.15, -0.1) is 0 Å². The van der Waals surface area contributed by atoms with E-state index in [1.165, 1.54) is 26.1 Å². The van der Waals surface area contributed by atoms with Gasteiger partial charge in [0.15, 0.2) is 0 Å². The van der Waals surface area contributed by atoms with E-state index in [9.17, 15) is 0 Å². The lowest BCUT2D eigenvalue weighted by atomic mass is 10.1. The van der Waals surface area contributed by atoms with Crippen LogP contribution in [0.25, 0.3) is 0 Å². The fraction of sp³-hybridized carbons (Fsp3) is 1.00. The molecule has 0 aromatic carbocycles. The quantitative estimate of drug-likeness (QED) is 0.625. The highest BCUT2D eigenvalue weighted by Crippen LogP contribution is 2.14. The zero-order valence-corrected chi connectivity index (χ0v) is 9.37. The molecular formula is C11H24N2O. The third-order valence-corrected chi connectivity index (χ3v) is 2.81. The van der Waals surface area contributed by atoms with Gasteiger partial charge in [-0.3, -0.25) is 0 Å². The highest BCUT2D eigenvalue weighted by molar-refractivity contribution is 4.75. The SMILES string of the molecule is CCCOCCCN1CCC(CN)C1. The first-order chi connectivity index (χ1) is 6.86. The minimum absolute atomic E-state index is 0.742. The zero-order chi connectivity index (χ0) is 10.2. The molecule has 14 heavy (non-hydrogen) atoms. The molecule has 1 fully saturated rings. The molecule has 1 rings (SSSR count). The molecule has 0 saturated carbocycles.